The van der Waals surface area contributed by atoms with Gasteiger partial charge >= 0.3 is 0 Å². The summed E-state index contributed by atoms with van der Waals surface area (Å²) in [4.78, 5) is 2.57. The molecule has 1 fully saturated rings. The Kier molecular flexibility index (Phi) is 2.29. The fourth-order valence-corrected chi connectivity index (χ4v) is 3.81. The quantitative estimate of drug-likeness (QED) is 0.671. The molecule has 4 nitrogen and oxygen atoms in total. The van der Waals surface area contributed by atoms with Gasteiger partial charge < -0.3 is 20.7 Å². The van der Waals surface area contributed by atoms with E-state index in [-0.39, 0.29) is 0 Å². The predicted octanol–water partition coefficient (Wildman–Crippen LogP) is 1.06. The summed E-state index contributed by atoms with van der Waals surface area (Å²) in [7, 11) is 0. The van der Waals surface area contributed by atoms with E-state index in [0.29, 0.717) is 18.6 Å². The minimum Gasteiger partial charge on any atom is -0.399 e. The minimum absolute atomic E-state index is 0.606. The van der Waals surface area contributed by atoms with Crippen LogP contribution in [0, 0.1) is 0 Å². The van der Waals surface area contributed by atoms with Gasteiger partial charge in [-0.1, -0.05) is 0 Å². The topological polar surface area (TPSA) is 50.5 Å². The molecule has 0 aliphatic carbocycles. The maximum Gasteiger partial charge on any atom is 0.0738 e. The van der Waals surface area contributed by atoms with Gasteiger partial charge in [0.15, 0.2) is 0 Å². The Balaban J connectivity index is 1.90. The molecule has 4 rings (SSSR count). The molecule has 0 saturated carbocycles. The number of nitrogens with zero attached hydrogens (tertiary/aromatic N) is 1. The molecule has 2 atom stereocenters. The number of ether oxygens (including phenoxy) is 1. The number of fused-ring (bicyclic) bond motifs is 3. The third kappa shape index (κ3) is 1.39. The van der Waals surface area contributed by atoms with Gasteiger partial charge in [-0.2, -0.15) is 0 Å². The zero-order chi connectivity index (χ0) is 12.1. The van der Waals surface area contributed by atoms with Crippen molar-refractivity contribution in [2.45, 2.75) is 25.0 Å². The second-order valence-electron chi connectivity index (χ2n) is 5.53. The van der Waals surface area contributed by atoms with Crippen molar-refractivity contribution in [3.63, 3.8) is 0 Å². The first-order chi connectivity index (χ1) is 8.84. The molecule has 3 aliphatic rings. The molecule has 0 spiro atoms. The second kappa shape index (κ2) is 3.87. The molecule has 96 valence electrons. The number of nitrogen functional groups attached to an aromatic ring is 1. The molecule has 3 aliphatic heterocycles. The third-order valence-electron chi connectivity index (χ3n) is 4.51. The number of hydrogen-bond donors (Lipinski definition) is 2. The van der Waals surface area contributed by atoms with E-state index in [2.05, 4.69) is 22.3 Å². The molecule has 1 saturated heterocycles. The van der Waals surface area contributed by atoms with Gasteiger partial charge in [-0.05, 0) is 30.7 Å². The Bertz CT molecular complexity index is 488. The molecule has 3 N–H and O–H groups in total. The molecule has 0 aromatic heterocycles. The maximum atomic E-state index is 6.06. The number of benzene rings is 1. The van der Waals surface area contributed by atoms with Crippen LogP contribution in [0.2, 0.25) is 0 Å². The highest BCUT2D eigenvalue weighted by Crippen LogP contribution is 2.46. The van der Waals surface area contributed by atoms with Crippen LogP contribution in [0.3, 0.4) is 0 Å². The van der Waals surface area contributed by atoms with E-state index in [1.165, 1.54) is 23.2 Å². The first-order valence-electron chi connectivity index (χ1n) is 6.82. The van der Waals surface area contributed by atoms with Gasteiger partial charge in [0.1, 0.15) is 0 Å². The first-order valence-corrected chi connectivity index (χ1v) is 6.82. The molecular formula is C14H19N3O. The fraction of sp³-hybridized carbons (Fsp3) is 0.571. The Hall–Kier alpha value is -1.26. The van der Waals surface area contributed by atoms with Gasteiger partial charge in [-0.3, -0.25) is 0 Å². The third-order valence-corrected chi connectivity index (χ3v) is 4.51. The SMILES string of the molecule is Nc1cc2c3c(c1)C1CNCCC1N3CCOC2. The van der Waals surface area contributed by atoms with E-state index in [1.807, 2.05) is 0 Å². The van der Waals surface area contributed by atoms with Crippen molar-refractivity contribution in [2.24, 2.45) is 0 Å². The Morgan fingerprint density at radius 2 is 2.33 bits per heavy atom. The summed E-state index contributed by atoms with van der Waals surface area (Å²) in [6.07, 6.45) is 1.22. The van der Waals surface area contributed by atoms with Gasteiger partial charge in [-0.15, -0.1) is 0 Å². The molecule has 1 aromatic rings. The Morgan fingerprint density at radius 3 is 3.28 bits per heavy atom. The molecule has 3 heterocycles. The van der Waals surface area contributed by atoms with Crippen LogP contribution in [0.25, 0.3) is 0 Å². The lowest BCUT2D eigenvalue weighted by molar-refractivity contribution is 0.130. The van der Waals surface area contributed by atoms with Crippen LogP contribution < -0.4 is 16.0 Å². The largest absolute Gasteiger partial charge is 0.399 e. The van der Waals surface area contributed by atoms with Crippen molar-refractivity contribution in [3.05, 3.63) is 23.3 Å². The molecule has 18 heavy (non-hydrogen) atoms. The zero-order valence-corrected chi connectivity index (χ0v) is 10.5. The standard InChI is InChI=1S/C14H19N3O/c15-10-5-9-8-18-4-3-17-13-1-2-16-7-12(13)11(6-10)14(9)17/h5-6,12-13,16H,1-4,7-8,15H2. The van der Waals surface area contributed by atoms with Crippen molar-refractivity contribution in [1.82, 2.24) is 5.32 Å². The molecule has 0 bridgehead atoms. The lowest BCUT2D eigenvalue weighted by Gasteiger charge is -2.33. The summed E-state index contributed by atoms with van der Waals surface area (Å²) in [5.74, 6) is 0.606. The van der Waals surface area contributed by atoms with Crippen LogP contribution >= 0.6 is 0 Å². The van der Waals surface area contributed by atoms with Crippen molar-refractivity contribution < 1.29 is 4.74 Å². The van der Waals surface area contributed by atoms with E-state index < -0.39 is 0 Å². The number of nitrogens with one attached hydrogen (secondary N) is 1. The maximum absolute atomic E-state index is 6.06. The van der Waals surface area contributed by atoms with E-state index >= 15 is 0 Å². The number of rotatable bonds is 0. The van der Waals surface area contributed by atoms with E-state index in [1.54, 1.807) is 0 Å². The number of hydrogen-bond acceptors (Lipinski definition) is 4. The molecule has 0 radical (unpaired) electrons. The summed E-state index contributed by atoms with van der Waals surface area (Å²) in [5, 5.41) is 3.52. The molecular weight excluding hydrogens is 226 g/mol. The molecule has 1 aromatic carbocycles. The normalized spacial score (nSPS) is 29.7. The molecule has 2 unspecified atom stereocenters. The Labute approximate surface area is 107 Å². The van der Waals surface area contributed by atoms with Crippen molar-refractivity contribution in [2.75, 3.05) is 36.9 Å². The highest BCUT2D eigenvalue weighted by molar-refractivity contribution is 5.71. The highest BCUT2D eigenvalue weighted by Gasteiger charge is 2.41. The average Bonchev–Trinajstić information content (AvgIpc) is 2.55. The molecule has 0 amide bonds. The summed E-state index contributed by atoms with van der Waals surface area (Å²) in [6, 6.07) is 4.90. The smallest absolute Gasteiger partial charge is 0.0738 e. The number of nitrogens with two attached hydrogens (primary N) is 1. The van der Waals surface area contributed by atoms with E-state index in [4.69, 9.17) is 10.5 Å². The summed E-state index contributed by atoms with van der Waals surface area (Å²) in [5.41, 5.74) is 11.1. The minimum atomic E-state index is 0.606. The summed E-state index contributed by atoms with van der Waals surface area (Å²) in [6.45, 7) is 4.75. The molecule has 4 heteroatoms. The van der Waals surface area contributed by atoms with Gasteiger partial charge in [0.05, 0.1) is 13.2 Å². The predicted molar refractivity (Wildman–Crippen MR) is 71.9 cm³/mol. The van der Waals surface area contributed by atoms with E-state index in [9.17, 15) is 0 Å². The van der Waals surface area contributed by atoms with Gasteiger partial charge in [0.25, 0.3) is 0 Å². The lowest BCUT2D eigenvalue weighted by Crippen LogP contribution is -2.44. The van der Waals surface area contributed by atoms with Crippen molar-refractivity contribution in [3.8, 4) is 0 Å². The van der Waals surface area contributed by atoms with Crippen molar-refractivity contribution >= 4 is 11.4 Å². The number of piperidine rings is 1. The van der Waals surface area contributed by atoms with Gasteiger partial charge in [0, 0.05) is 42.0 Å². The zero-order valence-electron chi connectivity index (χ0n) is 10.5. The van der Waals surface area contributed by atoms with Crippen LogP contribution in [-0.2, 0) is 11.3 Å². The Morgan fingerprint density at radius 1 is 1.39 bits per heavy atom. The monoisotopic (exact) mass is 245 g/mol. The summed E-state index contributed by atoms with van der Waals surface area (Å²) >= 11 is 0. The van der Waals surface area contributed by atoms with Crippen LogP contribution in [0.5, 0.6) is 0 Å². The van der Waals surface area contributed by atoms with Gasteiger partial charge in [0.2, 0.25) is 0 Å². The second-order valence-corrected chi connectivity index (χ2v) is 5.53. The van der Waals surface area contributed by atoms with Crippen LogP contribution in [0.15, 0.2) is 12.1 Å². The van der Waals surface area contributed by atoms with Gasteiger partial charge in [-0.25, -0.2) is 0 Å². The number of anilines is 2. The summed E-state index contributed by atoms with van der Waals surface area (Å²) < 4.78 is 5.70. The average molecular weight is 245 g/mol. The van der Waals surface area contributed by atoms with E-state index in [0.717, 1.165) is 31.9 Å². The van der Waals surface area contributed by atoms with Crippen LogP contribution in [-0.4, -0.2) is 32.3 Å². The van der Waals surface area contributed by atoms with Crippen molar-refractivity contribution in [1.29, 1.82) is 0 Å². The first kappa shape index (κ1) is 10.6. The van der Waals surface area contributed by atoms with Crippen LogP contribution in [0.4, 0.5) is 11.4 Å². The lowest BCUT2D eigenvalue weighted by atomic mass is 9.89. The fourth-order valence-electron chi connectivity index (χ4n) is 3.81. The highest BCUT2D eigenvalue weighted by atomic mass is 16.5. The van der Waals surface area contributed by atoms with Crippen LogP contribution in [0.1, 0.15) is 23.5 Å².